The zero-order valence-electron chi connectivity index (χ0n) is 8.32. The summed E-state index contributed by atoms with van der Waals surface area (Å²) in [6.45, 7) is 0. The van der Waals surface area contributed by atoms with Gasteiger partial charge in [0.25, 0.3) is 0 Å². The van der Waals surface area contributed by atoms with E-state index in [9.17, 15) is 9.65 Å². The Bertz CT molecular complexity index is 516. The number of benzene rings is 1. The van der Waals surface area contributed by atoms with Crippen LogP contribution in [-0.2, 0) is 5.41 Å². The van der Waals surface area contributed by atoms with E-state index >= 15 is 0 Å². The molecule has 80 valence electrons. The van der Waals surface area contributed by atoms with Crippen LogP contribution >= 0.6 is 11.6 Å². The summed E-state index contributed by atoms with van der Waals surface area (Å²) < 4.78 is 13.8. The Hall–Kier alpha value is -1.66. The van der Waals surface area contributed by atoms with Crippen molar-refractivity contribution in [3.8, 4) is 6.07 Å². The highest BCUT2D eigenvalue weighted by Gasteiger charge is 2.32. The van der Waals surface area contributed by atoms with Crippen LogP contribution in [0.4, 0.5) is 4.39 Å². The maximum Gasteiger partial charge on any atom is 0.129 e. The third kappa shape index (κ3) is 1.72. The molecule has 1 aromatic carbocycles. The first kappa shape index (κ1) is 10.8. The fourth-order valence-corrected chi connectivity index (χ4v) is 1.85. The second-order valence-corrected chi connectivity index (χ2v) is 4.00. The second-order valence-electron chi connectivity index (χ2n) is 3.56. The maximum absolute atomic E-state index is 13.8. The Kier molecular flexibility index (Phi) is 2.76. The summed E-state index contributed by atoms with van der Waals surface area (Å²) in [5.41, 5.74) is -0.627. The van der Waals surface area contributed by atoms with Crippen LogP contribution in [0.2, 0.25) is 5.02 Å². The lowest BCUT2D eigenvalue weighted by molar-refractivity contribution is 0.574. The average Bonchev–Trinajstić information content (AvgIpc) is 2.30. The number of nitrogens with zero attached hydrogens (tertiary/aromatic N) is 2. The molecule has 1 atom stereocenters. The smallest absolute Gasteiger partial charge is 0.129 e. The third-order valence-electron chi connectivity index (χ3n) is 2.58. The van der Waals surface area contributed by atoms with Gasteiger partial charge in [0.15, 0.2) is 0 Å². The summed E-state index contributed by atoms with van der Waals surface area (Å²) in [7, 11) is 0. The molecule has 0 N–H and O–H groups in total. The van der Waals surface area contributed by atoms with E-state index in [0.29, 0.717) is 17.0 Å². The van der Waals surface area contributed by atoms with E-state index in [0.717, 1.165) is 0 Å². The highest BCUT2D eigenvalue weighted by atomic mass is 35.5. The highest BCUT2D eigenvalue weighted by Crippen LogP contribution is 2.33. The third-order valence-corrected chi connectivity index (χ3v) is 2.81. The molecule has 0 spiro atoms. The Morgan fingerprint density at radius 1 is 1.50 bits per heavy atom. The number of aliphatic imine (C=N–C) groups is 1. The molecule has 2 rings (SSSR count). The minimum absolute atomic E-state index is 0.322. The lowest BCUT2D eigenvalue weighted by Crippen LogP contribution is -2.24. The van der Waals surface area contributed by atoms with Crippen LogP contribution in [0.3, 0.4) is 0 Å². The molecule has 0 bridgehead atoms. The van der Waals surface area contributed by atoms with Gasteiger partial charge in [-0.2, -0.15) is 5.26 Å². The number of rotatable bonds is 1. The minimum atomic E-state index is -0.962. The van der Waals surface area contributed by atoms with Crippen molar-refractivity contribution in [2.75, 3.05) is 0 Å². The molecule has 16 heavy (non-hydrogen) atoms. The van der Waals surface area contributed by atoms with Gasteiger partial charge in [0.1, 0.15) is 11.2 Å². The van der Waals surface area contributed by atoms with E-state index in [-0.39, 0.29) is 0 Å². The first-order valence-electron chi connectivity index (χ1n) is 4.74. The molecule has 1 heterocycles. The molecule has 1 aliphatic heterocycles. The quantitative estimate of drug-likeness (QED) is 0.735. The van der Waals surface area contributed by atoms with Crippen LogP contribution in [0, 0.1) is 17.1 Å². The van der Waals surface area contributed by atoms with Crippen molar-refractivity contribution >= 4 is 17.8 Å². The van der Waals surface area contributed by atoms with E-state index < -0.39 is 11.2 Å². The topological polar surface area (TPSA) is 36.1 Å². The predicted molar refractivity (Wildman–Crippen MR) is 61.0 cm³/mol. The van der Waals surface area contributed by atoms with Crippen LogP contribution in [0.15, 0.2) is 35.5 Å². The SMILES string of the molecule is N#CC1(c2ccc(Cl)cc2F)C=CN=CC1. The molecule has 0 saturated heterocycles. The van der Waals surface area contributed by atoms with Gasteiger partial charge in [0, 0.05) is 29.4 Å². The molecule has 4 heteroatoms. The fourth-order valence-electron chi connectivity index (χ4n) is 1.69. The van der Waals surface area contributed by atoms with Gasteiger partial charge in [-0.3, -0.25) is 4.99 Å². The van der Waals surface area contributed by atoms with E-state index in [4.69, 9.17) is 11.6 Å². The van der Waals surface area contributed by atoms with Crippen molar-refractivity contribution in [1.29, 1.82) is 5.26 Å². The van der Waals surface area contributed by atoms with Gasteiger partial charge in [0.05, 0.1) is 6.07 Å². The van der Waals surface area contributed by atoms with E-state index in [2.05, 4.69) is 11.1 Å². The summed E-state index contributed by atoms with van der Waals surface area (Å²) in [6, 6.07) is 6.48. The largest absolute Gasteiger partial charge is 0.269 e. The monoisotopic (exact) mass is 234 g/mol. The lowest BCUT2D eigenvalue weighted by atomic mass is 9.78. The van der Waals surface area contributed by atoms with Gasteiger partial charge in [-0.15, -0.1) is 0 Å². The van der Waals surface area contributed by atoms with Crippen molar-refractivity contribution in [2.24, 2.45) is 4.99 Å². The predicted octanol–water partition coefficient (Wildman–Crippen LogP) is 3.23. The van der Waals surface area contributed by atoms with Crippen LogP contribution < -0.4 is 0 Å². The van der Waals surface area contributed by atoms with Crippen molar-refractivity contribution in [3.05, 3.63) is 46.9 Å². The van der Waals surface area contributed by atoms with E-state index in [1.807, 2.05) is 0 Å². The zero-order valence-corrected chi connectivity index (χ0v) is 9.08. The number of hydrogen-bond acceptors (Lipinski definition) is 2. The summed E-state index contributed by atoms with van der Waals surface area (Å²) in [5.74, 6) is -0.464. The molecular weight excluding hydrogens is 227 g/mol. The fraction of sp³-hybridized carbons (Fsp3) is 0.167. The summed E-state index contributed by atoms with van der Waals surface area (Å²) in [5, 5.41) is 9.55. The molecule has 1 aromatic rings. The highest BCUT2D eigenvalue weighted by molar-refractivity contribution is 6.30. The molecule has 1 unspecified atom stereocenters. The Morgan fingerprint density at radius 3 is 2.88 bits per heavy atom. The molecule has 0 radical (unpaired) electrons. The summed E-state index contributed by atoms with van der Waals surface area (Å²) >= 11 is 5.68. The van der Waals surface area contributed by atoms with Gasteiger partial charge in [-0.1, -0.05) is 17.7 Å². The molecule has 0 saturated carbocycles. The van der Waals surface area contributed by atoms with Crippen LogP contribution in [-0.4, -0.2) is 6.21 Å². The minimum Gasteiger partial charge on any atom is -0.269 e. The lowest BCUT2D eigenvalue weighted by Gasteiger charge is -2.23. The van der Waals surface area contributed by atoms with Gasteiger partial charge >= 0.3 is 0 Å². The van der Waals surface area contributed by atoms with E-state index in [1.165, 1.54) is 12.3 Å². The van der Waals surface area contributed by atoms with Gasteiger partial charge in [-0.25, -0.2) is 4.39 Å². The Morgan fingerprint density at radius 2 is 2.31 bits per heavy atom. The van der Waals surface area contributed by atoms with Gasteiger partial charge < -0.3 is 0 Å². The standard InChI is InChI=1S/C12H8ClFN2/c13-9-1-2-10(11(14)7-9)12(8-15)3-5-16-6-4-12/h1-3,5-7H,4H2. The maximum atomic E-state index is 13.8. The Balaban J connectivity index is 2.54. The number of allylic oxidation sites excluding steroid dienone is 1. The average molecular weight is 235 g/mol. The molecular formula is C12H8ClFN2. The summed E-state index contributed by atoms with van der Waals surface area (Å²) in [6.07, 6.45) is 5.11. The first-order valence-corrected chi connectivity index (χ1v) is 5.12. The normalized spacial score (nSPS) is 23.1. The van der Waals surface area contributed by atoms with Crippen LogP contribution in [0.25, 0.3) is 0 Å². The van der Waals surface area contributed by atoms with Gasteiger partial charge in [0.2, 0.25) is 0 Å². The zero-order chi connectivity index (χ0) is 11.6. The molecule has 2 nitrogen and oxygen atoms in total. The van der Waals surface area contributed by atoms with Crippen molar-refractivity contribution in [3.63, 3.8) is 0 Å². The molecule has 0 aliphatic carbocycles. The number of hydrogen-bond donors (Lipinski definition) is 0. The van der Waals surface area contributed by atoms with Crippen LogP contribution in [0.5, 0.6) is 0 Å². The van der Waals surface area contributed by atoms with Crippen molar-refractivity contribution in [2.45, 2.75) is 11.8 Å². The molecule has 0 amide bonds. The van der Waals surface area contributed by atoms with Crippen molar-refractivity contribution in [1.82, 2.24) is 0 Å². The van der Waals surface area contributed by atoms with Crippen molar-refractivity contribution < 1.29 is 4.39 Å². The molecule has 1 aliphatic rings. The molecule has 0 fully saturated rings. The van der Waals surface area contributed by atoms with Crippen LogP contribution in [0.1, 0.15) is 12.0 Å². The second kappa shape index (κ2) is 4.07. The van der Waals surface area contributed by atoms with E-state index in [1.54, 1.807) is 24.4 Å². The summed E-state index contributed by atoms with van der Waals surface area (Å²) in [4.78, 5) is 3.89. The number of nitriles is 1. The first-order chi connectivity index (χ1) is 7.68. The number of halogens is 2. The molecule has 0 aromatic heterocycles. The Labute approximate surface area is 97.7 Å². The van der Waals surface area contributed by atoms with Gasteiger partial charge in [-0.05, 0) is 18.2 Å².